The molecule has 1 atom stereocenters. The third-order valence-corrected chi connectivity index (χ3v) is 7.11. The first kappa shape index (κ1) is 17.7. The number of rotatable bonds is 4. The SMILES string of the molecule is Cc1cc(/C=C/C(=O)N2CCCC2c2nc3ccccc3s2)c(C)n1C1CC1. The number of hydrogen-bond acceptors (Lipinski definition) is 3. The molecule has 1 aliphatic carbocycles. The van der Waals surface area contributed by atoms with Crippen LogP contribution in [0.15, 0.2) is 36.4 Å². The lowest BCUT2D eigenvalue weighted by atomic mass is 10.2. The van der Waals surface area contributed by atoms with Crippen molar-refractivity contribution in [2.24, 2.45) is 0 Å². The molecule has 1 saturated carbocycles. The third kappa shape index (κ3) is 3.08. The lowest BCUT2D eigenvalue weighted by Crippen LogP contribution is -2.28. The summed E-state index contributed by atoms with van der Waals surface area (Å²) in [5, 5.41) is 1.06. The standard InChI is InChI=1S/C23H25N3OS/c1-15-14-17(16(2)26(15)18-10-11-18)9-12-22(27)25-13-5-7-20(25)23-24-19-6-3-4-8-21(19)28-23/h3-4,6,8-9,12,14,18,20H,5,7,10-11,13H2,1-2H3/b12-9+. The van der Waals surface area contributed by atoms with Crippen LogP contribution >= 0.6 is 11.3 Å². The van der Waals surface area contributed by atoms with Gasteiger partial charge in [-0.2, -0.15) is 0 Å². The molecule has 2 fully saturated rings. The van der Waals surface area contributed by atoms with Crippen LogP contribution in [-0.4, -0.2) is 26.9 Å². The maximum absolute atomic E-state index is 13.0. The Morgan fingerprint density at radius 2 is 2.04 bits per heavy atom. The number of benzene rings is 1. The highest BCUT2D eigenvalue weighted by Gasteiger charge is 2.31. The van der Waals surface area contributed by atoms with Gasteiger partial charge in [0.25, 0.3) is 0 Å². The fourth-order valence-electron chi connectivity index (χ4n) is 4.44. The number of para-hydroxylation sites is 1. The summed E-state index contributed by atoms with van der Waals surface area (Å²) in [6, 6.07) is 11.2. The second kappa shape index (κ2) is 6.89. The van der Waals surface area contributed by atoms with E-state index in [4.69, 9.17) is 4.98 Å². The van der Waals surface area contributed by atoms with Gasteiger partial charge in [0, 0.05) is 30.1 Å². The van der Waals surface area contributed by atoms with Gasteiger partial charge in [0.1, 0.15) is 5.01 Å². The summed E-state index contributed by atoms with van der Waals surface area (Å²) in [5.41, 5.74) is 4.76. The van der Waals surface area contributed by atoms with Gasteiger partial charge in [-0.1, -0.05) is 12.1 Å². The van der Waals surface area contributed by atoms with Crippen LogP contribution in [0, 0.1) is 13.8 Å². The molecule has 2 aliphatic rings. The van der Waals surface area contributed by atoms with Gasteiger partial charge in [-0.3, -0.25) is 4.79 Å². The molecule has 1 amide bonds. The number of carbonyl (C=O) groups is 1. The summed E-state index contributed by atoms with van der Waals surface area (Å²) in [6.07, 6.45) is 8.33. The van der Waals surface area contributed by atoms with Gasteiger partial charge < -0.3 is 9.47 Å². The summed E-state index contributed by atoms with van der Waals surface area (Å²) in [6.45, 7) is 5.13. The Kier molecular flexibility index (Phi) is 4.35. The fraction of sp³-hybridized carbons (Fsp3) is 0.391. The van der Waals surface area contributed by atoms with Crippen LogP contribution in [0.3, 0.4) is 0 Å². The van der Waals surface area contributed by atoms with Crippen LogP contribution in [0.2, 0.25) is 0 Å². The van der Waals surface area contributed by atoms with E-state index in [-0.39, 0.29) is 11.9 Å². The van der Waals surface area contributed by atoms with E-state index >= 15 is 0 Å². The molecule has 1 aliphatic heterocycles. The van der Waals surface area contributed by atoms with Crippen LogP contribution in [0.25, 0.3) is 16.3 Å². The Morgan fingerprint density at radius 3 is 2.82 bits per heavy atom. The summed E-state index contributed by atoms with van der Waals surface area (Å²) in [5.74, 6) is 0.0954. The van der Waals surface area contributed by atoms with E-state index in [0.717, 1.165) is 35.5 Å². The van der Waals surface area contributed by atoms with Gasteiger partial charge in [-0.15, -0.1) is 11.3 Å². The minimum absolute atomic E-state index is 0.0954. The zero-order valence-corrected chi connectivity index (χ0v) is 17.2. The molecule has 3 heterocycles. The van der Waals surface area contributed by atoms with E-state index in [2.05, 4.69) is 30.5 Å². The summed E-state index contributed by atoms with van der Waals surface area (Å²) >= 11 is 1.72. The van der Waals surface area contributed by atoms with Gasteiger partial charge in [0.05, 0.1) is 16.3 Å². The van der Waals surface area contributed by atoms with E-state index in [1.165, 1.54) is 28.9 Å². The Balaban J connectivity index is 1.37. The Labute approximate surface area is 169 Å². The second-order valence-electron chi connectivity index (χ2n) is 7.97. The molecular weight excluding hydrogens is 366 g/mol. The maximum Gasteiger partial charge on any atom is 0.247 e. The number of likely N-dealkylation sites (tertiary alicyclic amines) is 1. The molecule has 28 heavy (non-hydrogen) atoms. The average Bonchev–Trinajstić information content (AvgIpc) is 3.14. The van der Waals surface area contributed by atoms with Gasteiger partial charge in [0.2, 0.25) is 5.91 Å². The van der Waals surface area contributed by atoms with Crippen LogP contribution in [0.1, 0.15) is 59.7 Å². The number of nitrogens with zero attached hydrogens (tertiary/aromatic N) is 3. The molecule has 1 unspecified atom stereocenters. The minimum Gasteiger partial charge on any atom is -0.346 e. The first-order valence-electron chi connectivity index (χ1n) is 10.1. The van der Waals surface area contributed by atoms with Crippen molar-refractivity contribution in [3.8, 4) is 0 Å². The van der Waals surface area contributed by atoms with Gasteiger partial charge in [-0.05, 0) is 69.4 Å². The number of aromatic nitrogens is 2. The molecule has 0 N–H and O–H groups in total. The fourth-order valence-corrected chi connectivity index (χ4v) is 5.56. The Hall–Kier alpha value is -2.40. The lowest BCUT2D eigenvalue weighted by molar-refractivity contribution is -0.126. The topological polar surface area (TPSA) is 38.1 Å². The van der Waals surface area contributed by atoms with Crippen LogP contribution in [0.5, 0.6) is 0 Å². The van der Waals surface area contributed by atoms with E-state index < -0.39 is 0 Å². The highest BCUT2D eigenvalue weighted by molar-refractivity contribution is 7.18. The van der Waals surface area contributed by atoms with E-state index in [1.807, 2.05) is 29.2 Å². The van der Waals surface area contributed by atoms with E-state index in [9.17, 15) is 4.79 Å². The van der Waals surface area contributed by atoms with Crippen LogP contribution < -0.4 is 0 Å². The van der Waals surface area contributed by atoms with Crippen molar-refractivity contribution in [2.75, 3.05) is 6.54 Å². The molecule has 0 spiro atoms. The number of carbonyl (C=O) groups excluding carboxylic acids is 1. The Morgan fingerprint density at radius 1 is 1.21 bits per heavy atom. The number of fused-ring (bicyclic) bond motifs is 1. The molecule has 3 aromatic rings. The molecule has 1 aromatic carbocycles. The van der Waals surface area contributed by atoms with Crippen LogP contribution in [0.4, 0.5) is 0 Å². The number of amides is 1. The smallest absolute Gasteiger partial charge is 0.247 e. The molecule has 144 valence electrons. The van der Waals surface area contributed by atoms with Crippen molar-refractivity contribution in [3.63, 3.8) is 0 Å². The molecular formula is C23H25N3OS. The van der Waals surface area contributed by atoms with Gasteiger partial charge in [0.15, 0.2) is 0 Å². The maximum atomic E-state index is 13.0. The normalized spacial score (nSPS) is 19.9. The highest BCUT2D eigenvalue weighted by atomic mass is 32.1. The first-order valence-corrected chi connectivity index (χ1v) is 11.0. The molecule has 5 heteroatoms. The van der Waals surface area contributed by atoms with Crippen molar-refractivity contribution >= 4 is 33.5 Å². The molecule has 4 nitrogen and oxygen atoms in total. The van der Waals surface area contributed by atoms with Gasteiger partial charge in [-0.25, -0.2) is 4.98 Å². The average molecular weight is 392 g/mol. The predicted octanol–water partition coefficient (Wildman–Crippen LogP) is 5.43. The zero-order chi connectivity index (χ0) is 19.3. The minimum atomic E-state index is 0.0954. The molecule has 1 saturated heterocycles. The quantitative estimate of drug-likeness (QED) is 0.557. The number of aryl methyl sites for hydroxylation is 1. The largest absolute Gasteiger partial charge is 0.346 e. The molecule has 0 radical (unpaired) electrons. The molecule has 5 rings (SSSR count). The van der Waals surface area contributed by atoms with E-state index in [0.29, 0.717) is 6.04 Å². The Bertz CT molecular complexity index is 1040. The van der Waals surface area contributed by atoms with Crippen molar-refractivity contribution in [3.05, 3.63) is 58.4 Å². The van der Waals surface area contributed by atoms with Crippen molar-refractivity contribution in [1.82, 2.24) is 14.5 Å². The highest BCUT2D eigenvalue weighted by Crippen LogP contribution is 2.39. The third-order valence-electron chi connectivity index (χ3n) is 5.97. The zero-order valence-electron chi connectivity index (χ0n) is 16.4. The van der Waals surface area contributed by atoms with Gasteiger partial charge >= 0.3 is 0 Å². The monoisotopic (exact) mass is 391 g/mol. The second-order valence-corrected chi connectivity index (χ2v) is 9.03. The number of hydrogen-bond donors (Lipinski definition) is 0. The summed E-state index contributed by atoms with van der Waals surface area (Å²) < 4.78 is 3.61. The number of thiazole rings is 1. The molecule has 2 aromatic heterocycles. The summed E-state index contributed by atoms with van der Waals surface area (Å²) in [7, 11) is 0. The lowest BCUT2D eigenvalue weighted by Gasteiger charge is -2.21. The van der Waals surface area contributed by atoms with Crippen molar-refractivity contribution in [1.29, 1.82) is 0 Å². The predicted molar refractivity (Wildman–Crippen MR) is 115 cm³/mol. The van der Waals surface area contributed by atoms with Crippen molar-refractivity contribution < 1.29 is 4.79 Å². The van der Waals surface area contributed by atoms with Crippen LogP contribution in [-0.2, 0) is 4.79 Å². The first-order chi connectivity index (χ1) is 13.6. The molecule has 0 bridgehead atoms. The van der Waals surface area contributed by atoms with Crippen molar-refractivity contribution in [2.45, 2.75) is 51.6 Å². The summed E-state index contributed by atoms with van der Waals surface area (Å²) in [4.78, 5) is 19.8. The van der Waals surface area contributed by atoms with E-state index in [1.54, 1.807) is 17.4 Å².